The topological polar surface area (TPSA) is 81.7 Å². The summed E-state index contributed by atoms with van der Waals surface area (Å²) in [5.74, 6) is -0.207. The number of rotatable bonds is 9. The molecule has 0 aromatic heterocycles. The number of hydrogen-bond acceptors (Lipinski definition) is 5. The maximum absolute atomic E-state index is 13.5. The van der Waals surface area contributed by atoms with Crippen molar-refractivity contribution < 1.29 is 27.1 Å². The van der Waals surface area contributed by atoms with Crippen LogP contribution in [0.1, 0.15) is 12.0 Å². The van der Waals surface area contributed by atoms with E-state index in [-0.39, 0.29) is 41.8 Å². The van der Waals surface area contributed by atoms with Gasteiger partial charge in [0.25, 0.3) is 0 Å². The average Bonchev–Trinajstić information content (AvgIpc) is 2.66. The Balaban J connectivity index is 1.88. The first-order valence-corrected chi connectivity index (χ1v) is 9.97. The molecule has 0 aliphatic rings. The summed E-state index contributed by atoms with van der Waals surface area (Å²) in [6.07, 6.45) is 0.332. The third-order valence-corrected chi connectivity index (χ3v) is 5.70. The van der Waals surface area contributed by atoms with E-state index in [2.05, 4.69) is 5.32 Å². The highest BCUT2D eigenvalue weighted by Gasteiger charge is 2.17. The van der Waals surface area contributed by atoms with Crippen molar-refractivity contribution in [2.75, 3.05) is 26.5 Å². The highest BCUT2D eigenvalue weighted by molar-refractivity contribution is 7.91. The van der Waals surface area contributed by atoms with Gasteiger partial charge in [0.05, 0.1) is 24.9 Å². The summed E-state index contributed by atoms with van der Waals surface area (Å²) >= 11 is 0. The molecule has 0 aliphatic carbocycles. The Morgan fingerprint density at radius 1 is 1.07 bits per heavy atom. The van der Waals surface area contributed by atoms with Gasteiger partial charge in [0.1, 0.15) is 5.82 Å². The van der Waals surface area contributed by atoms with Crippen LogP contribution in [-0.4, -0.2) is 40.8 Å². The van der Waals surface area contributed by atoms with E-state index < -0.39 is 9.84 Å². The van der Waals surface area contributed by atoms with Crippen molar-refractivity contribution >= 4 is 15.7 Å². The Hall–Kier alpha value is -2.61. The second kappa shape index (κ2) is 9.36. The molecule has 27 heavy (non-hydrogen) atoms. The SMILES string of the molecule is COc1ccc(S(=O)(=O)CCNC(=O)CCc2ccccc2F)cc1OC. The van der Waals surface area contributed by atoms with Gasteiger partial charge in [-0.05, 0) is 30.2 Å². The zero-order chi connectivity index (χ0) is 19.9. The van der Waals surface area contributed by atoms with Gasteiger partial charge in [0, 0.05) is 19.0 Å². The van der Waals surface area contributed by atoms with Gasteiger partial charge in [-0.25, -0.2) is 12.8 Å². The van der Waals surface area contributed by atoms with Crippen LogP contribution in [-0.2, 0) is 21.1 Å². The molecule has 6 nitrogen and oxygen atoms in total. The minimum absolute atomic E-state index is 0.0349. The van der Waals surface area contributed by atoms with Crippen LogP contribution in [0.25, 0.3) is 0 Å². The molecule has 1 amide bonds. The maximum Gasteiger partial charge on any atom is 0.220 e. The molecule has 0 unspecified atom stereocenters. The first-order valence-electron chi connectivity index (χ1n) is 8.32. The van der Waals surface area contributed by atoms with Gasteiger partial charge in [-0.15, -0.1) is 0 Å². The van der Waals surface area contributed by atoms with Gasteiger partial charge >= 0.3 is 0 Å². The second-order valence-corrected chi connectivity index (χ2v) is 7.89. The van der Waals surface area contributed by atoms with E-state index in [1.165, 1.54) is 38.5 Å². The summed E-state index contributed by atoms with van der Waals surface area (Å²) in [5, 5.41) is 2.55. The molecule has 0 saturated carbocycles. The summed E-state index contributed by atoms with van der Waals surface area (Å²) < 4.78 is 48.5. The van der Waals surface area contributed by atoms with E-state index in [0.717, 1.165) is 0 Å². The van der Waals surface area contributed by atoms with Gasteiger partial charge in [-0.1, -0.05) is 18.2 Å². The van der Waals surface area contributed by atoms with Crippen molar-refractivity contribution in [3.8, 4) is 11.5 Å². The van der Waals surface area contributed by atoms with E-state index in [9.17, 15) is 17.6 Å². The van der Waals surface area contributed by atoms with Crippen molar-refractivity contribution in [2.24, 2.45) is 0 Å². The van der Waals surface area contributed by atoms with Gasteiger partial charge in [0.15, 0.2) is 21.3 Å². The van der Waals surface area contributed by atoms with Crippen LogP contribution in [0.4, 0.5) is 4.39 Å². The van der Waals surface area contributed by atoms with E-state index >= 15 is 0 Å². The van der Waals surface area contributed by atoms with Crippen LogP contribution in [0.5, 0.6) is 11.5 Å². The fourth-order valence-corrected chi connectivity index (χ4v) is 3.66. The molecule has 0 aliphatic heterocycles. The molecule has 0 heterocycles. The van der Waals surface area contributed by atoms with Crippen molar-refractivity contribution in [3.05, 3.63) is 53.8 Å². The lowest BCUT2D eigenvalue weighted by Gasteiger charge is -2.11. The van der Waals surface area contributed by atoms with Crippen LogP contribution >= 0.6 is 0 Å². The highest BCUT2D eigenvalue weighted by Crippen LogP contribution is 2.29. The Morgan fingerprint density at radius 3 is 2.44 bits per heavy atom. The number of nitrogens with one attached hydrogen (secondary N) is 1. The van der Waals surface area contributed by atoms with Crippen LogP contribution < -0.4 is 14.8 Å². The first kappa shape index (κ1) is 20.7. The molecule has 0 spiro atoms. The summed E-state index contributed by atoms with van der Waals surface area (Å²) in [6.45, 7) is -0.0349. The van der Waals surface area contributed by atoms with Crippen molar-refractivity contribution in [1.82, 2.24) is 5.32 Å². The third-order valence-electron chi connectivity index (χ3n) is 3.99. The number of amides is 1. The summed E-state index contributed by atoms with van der Waals surface area (Å²) in [4.78, 5) is 12.0. The predicted octanol–water partition coefficient (Wildman–Crippen LogP) is 2.37. The van der Waals surface area contributed by atoms with Crippen molar-refractivity contribution in [2.45, 2.75) is 17.7 Å². The number of aryl methyl sites for hydroxylation is 1. The molecule has 1 N–H and O–H groups in total. The Bertz CT molecular complexity index is 899. The standard InChI is InChI=1S/C19H22FNO5S/c1-25-17-9-8-15(13-18(17)26-2)27(23,24)12-11-21-19(22)10-7-14-5-3-4-6-16(14)20/h3-6,8-9,13H,7,10-12H2,1-2H3,(H,21,22). The molecule has 0 radical (unpaired) electrons. The minimum atomic E-state index is -3.60. The summed E-state index contributed by atoms with van der Waals surface area (Å²) in [6, 6.07) is 10.6. The monoisotopic (exact) mass is 395 g/mol. The number of methoxy groups -OCH3 is 2. The normalized spacial score (nSPS) is 11.1. The van der Waals surface area contributed by atoms with E-state index in [0.29, 0.717) is 17.1 Å². The van der Waals surface area contributed by atoms with Gasteiger partial charge in [-0.2, -0.15) is 0 Å². The Morgan fingerprint density at radius 2 is 1.78 bits per heavy atom. The predicted molar refractivity (Wildman–Crippen MR) is 99.3 cm³/mol. The van der Waals surface area contributed by atoms with E-state index in [1.807, 2.05) is 0 Å². The van der Waals surface area contributed by atoms with Crippen LogP contribution in [0.3, 0.4) is 0 Å². The maximum atomic E-state index is 13.5. The lowest BCUT2D eigenvalue weighted by atomic mass is 10.1. The molecule has 8 heteroatoms. The smallest absolute Gasteiger partial charge is 0.220 e. The molecule has 146 valence electrons. The first-order chi connectivity index (χ1) is 12.9. The summed E-state index contributed by atoms with van der Waals surface area (Å²) in [5.41, 5.74) is 0.450. The Labute approximate surface area is 158 Å². The molecule has 0 saturated heterocycles. The minimum Gasteiger partial charge on any atom is -0.493 e. The Kier molecular flexibility index (Phi) is 7.18. The van der Waals surface area contributed by atoms with Gasteiger partial charge in [-0.3, -0.25) is 4.79 Å². The number of hydrogen-bond donors (Lipinski definition) is 1. The van der Waals surface area contributed by atoms with E-state index in [4.69, 9.17) is 9.47 Å². The number of halogens is 1. The second-order valence-electron chi connectivity index (χ2n) is 5.78. The van der Waals surface area contributed by atoms with Gasteiger partial charge in [0.2, 0.25) is 5.91 Å². The summed E-state index contributed by atoms with van der Waals surface area (Å²) in [7, 11) is -0.716. The van der Waals surface area contributed by atoms with Crippen LogP contribution in [0.2, 0.25) is 0 Å². The van der Waals surface area contributed by atoms with E-state index in [1.54, 1.807) is 18.2 Å². The number of sulfone groups is 1. The fraction of sp³-hybridized carbons (Fsp3) is 0.316. The number of carbonyl (C=O) groups excluding carboxylic acids is 1. The lowest BCUT2D eigenvalue weighted by molar-refractivity contribution is -0.120. The molecular weight excluding hydrogens is 373 g/mol. The van der Waals surface area contributed by atoms with Crippen molar-refractivity contribution in [1.29, 1.82) is 0 Å². The van der Waals surface area contributed by atoms with Gasteiger partial charge < -0.3 is 14.8 Å². The third kappa shape index (κ3) is 5.68. The zero-order valence-corrected chi connectivity index (χ0v) is 16.0. The molecule has 0 atom stereocenters. The van der Waals surface area contributed by atoms with Crippen molar-refractivity contribution in [3.63, 3.8) is 0 Å². The molecular formula is C19H22FNO5S. The lowest BCUT2D eigenvalue weighted by Crippen LogP contribution is -2.29. The van der Waals surface area contributed by atoms with Crippen LogP contribution in [0.15, 0.2) is 47.4 Å². The molecule has 0 bridgehead atoms. The molecule has 2 rings (SSSR count). The number of benzene rings is 2. The van der Waals surface area contributed by atoms with Crippen LogP contribution in [0, 0.1) is 5.82 Å². The largest absolute Gasteiger partial charge is 0.493 e. The number of ether oxygens (including phenoxy) is 2. The fourth-order valence-electron chi connectivity index (χ4n) is 2.49. The molecule has 2 aromatic carbocycles. The quantitative estimate of drug-likeness (QED) is 0.705. The molecule has 0 fully saturated rings. The number of carbonyl (C=O) groups is 1. The zero-order valence-electron chi connectivity index (χ0n) is 15.2. The molecule has 2 aromatic rings. The highest BCUT2D eigenvalue weighted by atomic mass is 32.2. The average molecular weight is 395 g/mol.